The van der Waals surface area contributed by atoms with Crippen molar-refractivity contribution in [3.8, 4) is 5.75 Å². The first-order valence-corrected chi connectivity index (χ1v) is 9.26. The number of benzene rings is 1. The Hall–Kier alpha value is 0.390. The van der Waals surface area contributed by atoms with E-state index in [1.54, 1.807) is 6.92 Å². The first-order chi connectivity index (χ1) is 10.3. The van der Waals surface area contributed by atoms with Gasteiger partial charge in [0.1, 0.15) is 5.75 Å². The average molecular weight is 386 g/mol. The molecule has 5 nitrogen and oxygen atoms in total. The van der Waals surface area contributed by atoms with Crippen molar-refractivity contribution >= 4 is 45.6 Å². The summed E-state index contributed by atoms with van der Waals surface area (Å²) in [6.07, 6.45) is 0. The molecular weight excluding hydrogens is 355 g/mol. The fraction of sp³-hybridized carbons (Fsp3) is 0.647. The Balaban J connectivity index is 0.00000529. The van der Waals surface area contributed by atoms with Gasteiger partial charge in [0.25, 0.3) is 0 Å². The average Bonchev–Trinajstić information content (AvgIpc) is 2.34. The van der Waals surface area contributed by atoms with E-state index in [1.165, 1.54) is 0 Å². The molecular formula is C17H31CaO5P. The van der Waals surface area contributed by atoms with Gasteiger partial charge in [0, 0.05) is 0 Å². The van der Waals surface area contributed by atoms with Crippen molar-refractivity contribution in [3.63, 3.8) is 0 Å². The summed E-state index contributed by atoms with van der Waals surface area (Å²) < 4.78 is 21.4. The van der Waals surface area contributed by atoms with Gasteiger partial charge in [-0.15, -0.1) is 0 Å². The molecule has 0 saturated heterocycles. The minimum absolute atomic E-state index is 0. The zero-order chi connectivity index (χ0) is 18.1. The Kier molecular flexibility index (Phi) is 9.00. The van der Waals surface area contributed by atoms with Crippen LogP contribution in [-0.4, -0.2) is 54.3 Å². The van der Waals surface area contributed by atoms with Gasteiger partial charge < -0.3 is 10.00 Å². The summed E-state index contributed by atoms with van der Waals surface area (Å²) in [5.41, 5.74) is 1.78. The van der Waals surface area contributed by atoms with Crippen molar-refractivity contribution in [2.24, 2.45) is 0 Å². The van der Waals surface area contributed by atoms with E-state index in [-0.39, 0.29) is 67.5 Å². The Bertz CT molecular complexity index is 567. The van der Waals surface area contributed by atoms with Gasteiger partial charge in [-0.05, 0) is 46.6 Å². The molecule has 1 unspecified atom stereocenters. The predicted octanol–water partition coefficient (Wildman–Crippen LogP) is 3.72. The Morgan fingerprint density at radius 1 is 1.00 bits per heavy atom. The molecule has 0 aliphatic carbocycles. The maximum atomic E-state index is 11.7. The van der Waals surface area contributed by atoms with Crippen LogP contribution in [-0.2, 0) is 31.0 Å². The van der Waals surface area contributed by atoms with Gasteiger partial charge in [0.05, 0.1) is 13.2 Å². The number of phosphoric acid groups is 1. The van der Waals surface area contributed by atoms with Crippen LogP contribution in [0.15, 0.2) is 12.1 Å². The van der Waals surface area contributed by atoms with Crippen LogP contribution >= 0.6 is 7.82 Å². The van der Waals surface area contributed by atoms with E-state index in [0.29, 0.717) is 0 Å². The van der Waals surface area contributed by atoms with E-state index in [9.17, 15) is 14.6 Å². The van der Waals surface area contributed by atoms with Gasteiger partial charge in [-0.25, -0.2) is 4.57 Å². The number of phenolic OH excluding ortho intramolecular Hbond substituents is 1. The van der Waals surface area contributed by atoms with Crippen LogP contribution in [0.25, 0.3) is 0 Å². The molecule has 136 valence electrons. The van der Waals surface area contributed by atoms with Crippen molar-refractivity contribution in [2.75, 3.05) is 6.61 Å². The third-order valence-corrected chi connectivity index (χ3v) is 4.51. The van der Waals surface area contributed by atoms with Crippen molar-refractivity contribution in [1.29, 1.82) is 0 Å². The molecule has 0 aliphatic heterocycles. The van der Waals surface area contributed by atoms with Gasteiger partial charge in [-0.3, -0.25) is 9.05 Å². The third kappa shape index (κ3) is 6.95. The molecule has 0 aliphatic rings. The number of phosphoric ester groups is 1. The zero-order valence-electron chi connectivity index (χ0n) is 15.1. The van der Waals surface area contributed by atoms with Gasteiger partial charge >= 0.3 is 45.6 Å². The summed E-state index contributed by atoms with van der Waals surface area (Å²) in [5.74, 6) is 0.269. The molecule has 0 spiro atoms. The van der Waals surface area contributed by atoms with Crippen molar-refractivity contribution in [1.82, 2.24) is 0 Å². The maximum absolute atomic E-state index is 11.7. The normalized spacial score (nSPS) is 14.8. The summed E-state index contributed by atoms with van der Waals surface area (Å²) in [4.78, 5) is 9.55. The third-order valence-electron chi connectivity index (χ3n) is 3.47. The zero-order valence-corrected chi connectivity index (χ0v) is 16.0. The first-order valence-electron chi connectivity index (χ1n) is 7.76. The molecule has 0 radical (unpaired) electrons. The first kappa shape index (κ1) is 24.4. The quantitative estimate of drug-likeness (QED) is 0.596. The van der Waals surface area contributed by atoms with Crippen LogP contribution in [0, 0.1) is 0 Å². The molecule has 0 saturated carbocycles. The van der Waals surface area contributed by atoms with Crippen LogP contribution in [0.4, 0.5) is 0 Å². The fourth-order valence-corrected chi connectivity index (χ4v) is 2.99. The number of rotatable bonds is 5. The number of hydrogen-bond donors (Lipinski definition) is 2. The summed E-state index contributed by atoms with van der Waals surface area (Å²) in [5, 5.41) is 10.6. The van der Waals surface area contributed by atoms with Gasteiger partial charge in [-0.1, -0.05) is 41.5 Å². The monoisotopic (exact) mass is 386 g/mol. The Morgan fingerprint density at radius 2 is 1.42 bits per heavy atom. The SMILES string of the molecule is CCOP(=O)(O)OCc1cc(C(C)(C)C)c(O)c(C(C)(C)C)c1.[CaH2]. The second kappa shape index (κ2) is 8.85. The molecule has 2 N–H and O–H groups in total. The van der Waals surface area contributed by atoms with E-state index < -0.39 is 7.82 Å². The summed E-state index contributed by atoms with van der Waals surface area (Å²) >= 11 is 0. The fourth-order valence-electron chi connectivity index (χ4n) is 2.28. The molecule has 1 atom stereocenters. The summed E-state index contributed by atoms with van der Waals surface area (Å²) in [7, 11) is -4.04. The van der Waals surface area contributed by atoms with Crippen LogP contribution in [0.3, 0.4) is 0 Å². The molecule has 0 heterocycles. The molecule has 0 aromatic heterocycles. The molecule has 1 rings (SSSR count). The van der Waals surface area contributed by atoms with Gasteiger partial charge in [0.2, 0.25) is 0 Å². The van der Waals surface area contributed by atoms with Crippen LogP contribution in [0.2, 0.25) is 0 Å². The van der Waals surface area contributed by atoms with Crippen LogP contribution < -0.4 is 0 Å². The summed E-state index contributed by atoms with van der Waals surface area (Å²) in [6, 6.07) is 3.63. The molecule has 1 aromatic carbocycles. The van der Waals surface area contributed by atoms with E-state index in [2.05, 4.69) is 0 Å². The minimum atomic E-state index is -4.04. The molecule has 0 fully saturated rings. The topological polar surface area (TPSA) is 76.0 Å². The van der Waals surface area contributed by atoms with Crippen molar-refractivity contribution in [3.05, 3.63) is 28.8 Å². The van der Waals surface area contributed by atoms with E-state index in [4.69, 9.17) is 9.05 Å². The van der Waals surface area contributed by atoms with Gasteiger partial charge in [0.15, 0.2) is 0 Å². The number of hydrogen-bond acceptors (Lipinski definition) is 4. The molecule has 0 amide bonds. The van der Waals surface area contributed by atoms with E-state index in [1.807, 2.05) is 53.7 Å². The van der Waals surface area contributed by atoms with Gasteiger partial charge in [-0.2, -0.15) is 0 Å². The van der Waals surface area contributed by atoms with Crippen LogP contribution in [0.5, 0.6) is 5.75 Å². The molecule has 0 bridgehead atoms. The van der Waals surface area contributed by atoms with Crippen LogP contribution in [0.1, 0.15) is 65.2 Å². The van der Waals surface area contributed by atoms with Crippen molar-refractivity contribution in [2.45, 2.75) is 65.9 Å². The molecule has 1 aromatic rings. The Labute approximate surface area is 175 Å². The molecule has 7 heteroatoms. The predicted molar refractivity (Wildman–Crippen MR) is 100 cm³/mol. The van der Waals surface area contributed by atoms with E-state index >= 15 is 0 Å². The second-order valence-electron chi connectivity index (χ2n) is 7.70. The molecule has 24 heavy (non-hydrogen) atoms. The Morgan fingerprint density at radius 3 is 1.75 bits per heavy atom. The van der Waals surface area contributed by atoms with E-state index in [0.717, 1.165) is 16.7 Å². The number of phenols is 1. The summed E-state index contributed by atoms with van der Waals surface area (Å²) in [6.45, 7) is 13.7. The second-order valence-corrected chi connectivity index (χ2v) is 9.15. The standard InChI is InChI=1S/C17H29O5P.Ca.2H/c1-8-21-23(19,20)22-11-12-9-13(16(2,3)4)15(18)14(10-12)17(5,6)7;;;/h9-10,18H,8,11H2,1-7H3,(H,19,20);;;. The number of aromatic hydroxyl groups is 1. The van der Waals surface area contributed by atoms with Crippen molar-refractivity contribution < 1.29 is 23.6 Å².